The zero-order valence-electron chi connectivity index (χ0n) is 9.23. The topological polar surface area (TPSA) is 64.1 Å². The van der Waals surface area contributed by atoms with Crippen molar-refractivity contribution in [2.45, 2.75) is 20.0 Å². The molecule has 4 nitrogen and oxygen atoms in total. The van der Waals surface area contributed by atoms with Crippen molar-refractivity contribution in [3.8, 4) is 0 Å². The fourth-order valence-corrected chi connectivity index (χ4v) is 1.49. The van der Waals surface area contributed by atoms with Gasteiger partial charge >= 0.3 is 0 Å². The molecule has 2 rings (SSSR count). The summed E-state index contributed by atoms with van der Waals surface area (Å²) < 4.78 is 5.24. The van der Waals surface area contributed by atoms with Gasteiger partial charge in [-0.25, -0.2) is 4.98 Å². The summed E-state index contributed by atoms with van der Waals surface area (Å²) in [5, 5.41) is 3.22. The molecule has 0 unspecified atom stereocenters. The van der Waals surface area contributed by atoms with E-state index in [4.69, 9.17) is 10.2 Å². The van der Waals surface area contributed by atoms with Gasteiger partial charge in [-0.15, -0.1) is 0 Å². The van der Waals surface area contributed by atoms with Crippen molar-refractivity contribution in [2.75, 3.05) is 5.32 Å². The molecule has 0 spiro atoms. The van der Waals surface area contributed by atoms with Crippen molar-refractivity contribution in [1.29, 1.82) is 0 Å². The minimum atomic E-state index is 0.480. The molecule has 0 atom stereocenters. The van der Waals surface area contributed by atoms with Crippen LogP contribution < -0.4 is 11.1 Å². The largest absolute Gasteiger partial charge is 0.467 e. The molecule has 0 aliphatic rings. The summed E-state index contributed by atoms with van der Waals surface area (Å²) in [6.45, 7) is 3.06. The average molecular weight is 217 g/mol. The Bertz CT molecular complexity index is 451. The molecule has 0 aliphatic heterocycles. The van der Waals surface area contributed by atoms with Crippen molar-refractivity contribution < 1.29 is 4.42 Å². The van der Waals surface area contributed by atoms with Gasteiger partial charge < -0.3 is 15.5 Å². The number of anilines is 1. The van der Waals surface area contributed by atoms with E-state index in [9.17, 15) is 0 Å². The van der Waals surface area contributed by atoms with Gasteiger partial charge in [-0.05, 0) is 25.1 Å². The SMILES string of the molecule is Cc1ccc(CN)c(NCc2ccco2)n1. The summed E-state index contributed by atoms with van der Waals surface area (Å²) in [5.41, 5.74) is 7.63. The molecule has 0 bridgehead atoms. The molecule has 0 aliphatic carbocycles. The van der Waals surface area contributed by atoms with Crippen LogP contribution >= 0.6 is 0 Å². The molecule has 4 heteroatoms. The fourth-order valence-electron chi connectivity index (χ4n) is 1.49. The predicted molar refractivity (Wildman–Crippen MR) is 62.9 cm³/mol. The molecule has 0 aromatic carbocycles. The summed E-state index contributed by atoms with van der Waals surface area (Å²) in [6.07, 6.45) is 1.66. The Morgan fingerprint density at radius 3 is 2.94 bits per heavy atom. The second-order valence-corrected chi connectivity index (χ2v) is 3.60. The van der Waals surface area contributed by atoms with Crippen LogP contribution in [0.2, 0.25) is 0 Å². The molecular formula is C12H15N3O. The van der Waals surface area contributed by atoms with Gasteiger partial charge in [0.15, 0.2) is 0 Å². The zero-order chi connectivity index (χ0) is 11.4. The molecule has 16 heavy (non-hydrogen) atoms. The number of rotatable bonds is 4. The zero-order valence-corrected chi connectivity index (χ0v) is 9.23. The Morgan fingerprint density at radius 2 is 2.25 bits per heavy atom. The van der Waals surface area contributed by atoms with Crippen LogP contribution in [0.4, 0.5) is 5.82 Å². The van der Waals surface area contributed by atoms with Crippen LogP contribution in [-0.2, 0) is 13.1 Å². The first-order chi connectivity index (χ1) is 7.79. The van der Waals surface area contributed by atoms with Crippen LogP contribution in [-0.4, -0.2) is 4.98 Å². The van der Waals surface area contributed by atoms with E-state index in [1.807, 2.05) is 31.2 Å². The van der Waals surface area contributed by atoms with E-state index in [1.54, 1.807) is 6.26 Å². The van der Waals surface area contributed by atoms with E-state index in [-0.39, 0.29) is 0 Å². The molecular weight excluding hydrogens is 202 g/mol. The number of nitrogens with one attached hydrogen (secondary N) is 1. The monoisotopic (exact) mass is 217 g/mol. The van der Waals surface area contributed by atoms with Crippen LogP contribution in [0.5, 0.6) is 0 Å². The lowest BCUT2D eigenvalue weighted by molar-refractivity contribution is 0.517. The maximum atomic E-state index is 5.65. The van der Waals surface area contributed by atoms with E-state index in [0.29, 0.717) is 13.1 Å². The Hall–Kier alpha value is -1.81. The normalized spacial score (nSPS) is 10.4. The van der Waals surface area contributed by atoms with Gasteiger partial charge in [0, 0.05) is 17.8 Å². The lowest BCUT2D eigenvalue weighted by atomic mass is 10.2. The summed E-state index contributed by atoms with van der Waals surface area (Å²) in [6, 6.07) is 7.74. The molecule has 3 N–H and O–H groups in total. The van der Waals surface area contributed by atoms with Crippen molar-refractivity contribution in [2.24, 2.45) is 5.73 Å². The number of pyridine rings is 1. The number of furan rings is 1. The summed E-state index contributed by atoms with van der Waals surface area (Å²) in [7, 11) is 0. The van der Waals surface area contributed by atoms with Gasteiger partial charge in [0.25, 0.3) is 0 Å². The van der Waals surface area contributed by atoms with E-state index < -0.39 is 0 Å². The number of nitrogens with zero attached hydrogens (tertiary/aromatic N) is 1. The first-order valence-corrected chi connectivity index (χ1v) is 5.22. The van der Waals surface area contributed by atoms with E-state index in [1.165, 1.54) is 0 Å². The molecule has 0 fully saturated rings. The Kier molecular flexibility index (Phi) is 3.22. The highest BCUT2D eigenvalue weighted by Gasteiger charge is 2.03. The molecule has 2 heterocycles. The molecule has 0 saturated heterocycles. The van der Waals surface area contributed by atoms with Gasteiger partial charge in [0.1, 0.15) is 11.6 Å². The fraction of sp³-hybridized carbons (Fsp3) is 0.250. The molecule has 0 saturated carbocycles. The molecule has 2 aromatic rings. The van der Waals surface area contributed by atoms with Crippen LogP contribution in [0.3, 0.4) is 0 Å². The third kappa shape index (κ3) is 2.41. The summed E-state index contributed by atoms with van der Waals surface area (Å²) in [4.78, 5) is 4.41. The van der Waals surface area contributed by atoms with Crippen molar-refractivity contribution in [3.63, 3.8) is 0 Å². The smallest absolute Gasteiger partial charge is 0.131 e. The quantitative estimate of drug-likeness (QED) is 0.822. The van der Waals surface area contributed by atoms with Gasteiger partial charge in [0.05, 0.1) is 12.8 Å². The van der Waals surface area contributed by atoms with E-state index in [0.717, 1.165) is 22.8 Å². The standard InChI is InChI=1S/C12H15N3O/c1-9-4-5-10(7-13)12(15-9)14-8-11-3-2-6-16-11/h2-6H,7-8,13H2,1H3,(H,14,15). The third-order valence-electron chi connectivity index (χ3n) is 2.35. The minimum absolute atomic E-state index is 0.480. The highest BCUT2D eigenvalue weighted by atomic mass is 16.3. The Labute approximate surface area is 94.5 Å². The van der Waals surface area contributed by atoms with Gasteiger partial charge in [-0.3, -0.25) is 0 Å². The third-order valence-corrected chi connectivity index (χ3v) is 2.35. The van der Waals surface area contributed by atoms with Gasteiger partial charge in [0.2, 0.25) is 0 Å². The lowest BCUT2D eigenvalue weighted by Crippen LogP contribution is -2.07. The molecule has 0 radical (unpaired) electrons. The van der Waals surface area contributed by atoms with Crippen LogP contribution in [0.25, 0.3) is 0 Å². The second-order valence-electron chi connectivity index (χ2n) is 3.60. The van der Waals surface area contributed by atoms with Crippen molar-refractivity contribution in [3.05, 3.63) is 47.5 Å². The summed E-state index contributed by atoms with van der Waals surface area (Å²) >= 11 is 0. The lowest BCUT2D eigenvalue weighted by Gasteiger charge is -2.09. The van der Waals surface area contributed by atoms with Crippen molar-refractivity contribution in [1.82, 2.24) is 4.98 Å². The molecule has 0 amide bonds. The maximum Gasteiger partial charge on any atom is 0.131 e. The van der Waals surface area contributed by atoms with E-state index >= 15 is 0 Å². The molecule has 84 valence electrons. The molecule has 2 aromatic heterocycles. The minimum Gasteiger partial charge on any atom is -0.467 e. The number of hydrogen-bond donors (Lipinski definition) is 2. The number of hydrogen-bond acceptors (Lipinski definition) is 4. The van der Waals surface area contributed by atoms with Gasteiger partial charge in [-0.1, -0.05) is 6.07 Å². The highest BCUT2D eigenvalue weighted by Crippen LogP contribution is 2.14. The number of nitrogens with two attached hydrogens (primary N) is 1. The van der Waals surface area contributed by atoms with Crippen LogP contribution in [0.1, 0.15) is 17.0 Å². The van der Waals surface area contributed by atoms with Gasteiger partial charge in [-0.2, -0.15) is 0 Å². The summed E-state index contributed by atoms with van der Waals surface area (Å²) in [5.74, 6) is 1.71. The van der Waals surface area contributed by atoms with Crippen LogP contribution in [0.15, 0.2) is 34.9 Å². The first-order valence-electron chi connectivity index (χ1n) is 5.22. The van der Waals surface area contributed by atoms with E-state index in [2.05, 4.69) is 10.3 Å². The Morgan fingerprint density at radius 1 is 1.38 bits per heavy atom. The van der Waals surface area contributed by atoms with Crippen molar-refractivity contribution >= 4 is 5.82 Å². The Balaban J connectivity index is 2.11. The second kappa shape index (κ2) is 4.81. The maximum absolute atomic E-state index is 5.65. The average Bonchev–Trinajstić information content (AvgIpc) is 2.79. The van der Waals surface area contributed by atoms with Crippen LogP contribution in [0, 0.1) is 6.92 Å². The first kappa shape index (κ1) is 10.7. The highest BCUT2D eigenvalue weighted by molar-refractivity contribution is 5.45. The number of aromatic nitrogens is 1. The predicted octanol–water partition coefficient (Wildman–Crippen LogP) is 2.05. The number of aryl methyl sites for hydroxylation is 1.